The number of benzene rings is 1. The second kappa shape index (κ2) is 12.1. The van der Waals surface area contributed by atoms with E-state index < -0.39 is 0 Å². The van der Waals surface area contributed by atoms with Crippen LogP contribution < -0.4 is 15.0 Å². The Balaban J connectivity index is 0.000000163. The number of nitrogens with one attached hydrogen (secondary N) is 2. The summed E-state index contributed by atoms with van der Waals surface area (Å²) < 4.78 is 10.8. The van der Waals surface area contributed by atoms with Crippen LogP contribution in [-0.2, 0) is 11.3 Å². The minimum absolute atomic E-state index is 0.752. The van der Waals surface area contributed by atoms with Gasteiger partial charge in [-0.05, 0) is 25.0 Å². The molecule has 0 amide bonds. The average Bonchev–Trinajstić information content (AvgIpc) is 3.64. The minimum atomic E-state index is 0.752. The first kappa shape index (κ1) is 24.4. The first-order valence-corrected chi connectivity index (χ1v) is 12.6. The Labute approximate surface area is 211 Å². The standard InChI is InChI=1S/C17H23N3O2.C9H11N5/c1-21-17-12-14(19-16-5-3-2-4-15(16)17)13-18-6-7-20-8-10-22-11-9-20;1-2-4-14(3-1)9-7-8(11-5-10-7)12-6-13-9/h2-5,12,18H,6-11,13H2,1H3;5-6H,1-4H2,(H,10,11,12,13). The summed E-state index contributed by atoms with van der Waals surface area (Å²) in [7, 11) is 1.71. The van der Waals surface area contributed by atoms with Gasteiger partial charge in [-0.3, -0.25) is 9.88 Å². The lowest BCUT2D eigenvalue weighted by atomic mass is 10.2. The number of nitrogens with zero attached hydrogens (tertiary/aromatic N) is 6. The van der Waals surface area contributed by atoms with Gasteiger partial charge in [-0.2, -0.15) is 0 Å². The van der Waals surface area contributed by atoms with Gasteiger partial charge in [0, 0.05) is 57.3 Å². The van der Waals surface area contributed by atoms with Gasteiger partial charge in [0.25, 0.3) is 0 Å². The van der Waals surface area contributed by atoms with E-state index in [1.54, 1.807) is 19.8 Å². The molecule has 3 aromatic heterocycles. The van der Waals surface area contributed by atoms with Crippen molar-refractivity contribution >= 4 is 27.9 Å². The Bertz CT molecular complexity index is 1250. The number of pyridine rings is 1. The number of methoxy groups -OCH3 is 1. The SMILES string of the molecule is COc1cc(CNCCN2CCOCC2)nc2ccccc12.c1nc(N2CCCC2)c2[nH]cnc2n1. The highest BCUT2D eigenvalue weighted by Gasteiger charge is 2.17. The molecule has 2 saturated heterocycles. The van der Waals surface area contributed by atoms with Gasteiger partial charge in [-0.1, -0.05) is 12.1 Å². The first-order chi connectivity index (χ1) is 17.8. The molecule has 6 rings (SSSR count). The Hall–Kier alpha value is -3.34. The number of para-hydroxylation sites is 1. The van der Waals surface area contributed by atoms with Crippen LogP contribution in [0.1, 0.15) is 18.5 Å². The molecule has 190 valence electrons. The molecule has 0 saturated carbocycles. The van der Waals surface area contributed by atoms with Crippen LogP contribution in [-0.4, -0.2) is 89.4 Å². The van der Waals surface area contributed by atoms with Gasteiger partial charge in [0.05, 0.1) is 37.9 Å². The zero-order valence-electron chi connectivity index (χ0n) is 20.8. The number of imidazole rings is 1. The molecule has 10 heteroatoms. The molecule has 2 fully saturated rings. The zero-order chi connectivity index (χ0) is 24.6. The number of anilines is 1. The molecule has 0 aliphatic carbocycles. The highest BCUT2D eigenvalue weighted by atomic mass is 16.5. The highest BCUT2D eigenvalue weighted by molar-refractivity contribution is 5.85. The lowest BCUT2D eigenvalue weighted by Crippen LogP contribution is -2.40. The van der Waals surface area contributed by atoms with E-state index in [0.717, 1.165) is 98.4 Å². The quantitative estimate of drug-likeness (QED) is 0.378. The van der Waals surface area contributed by atoms with Gasteiger partial charge in [0.2, 0.25) is 0 Å². The summed E-state index contributed by atoms with van der Waals surface area (Å²) in [5, 5.41) is 4.52. The van der Waals surface area contributed by atoms with Crippen LogP contribution in [0.4, 0.5) is 5.82 Å². The van der Waals surface area contributed by atoms with Crippen molar-refractivity contribution in [2.75, 3.05) is 64.5 Å². The number of hydrogen-bond acceptors (Lipinski definition) is 9. The van der Waals surface area contributed by atoms with E-state index in [0.29, 0.717) is 0 Å². The van der Waals surface area contributed by atoms with Crippen LogP contribution in [0.3, 0.4) is 0 Å². The van der Waals surface area contributed by atoms with Crippen LogP contribution >= 0.6 is 0 Å². The van der Waals surface area contributed by atoms with Gasteiger partial charge in [-0.25, -0.2) is 15.0 Å². The van der Waals surface area contributed by atoms with E-state index >= 15 is 0 Å². The topological polar surface area (TPSA) is 104 Å². The molecule has 0 atom stereocenters. The van der Waals surface area contributed by atoms with E-state index in [-0.39, 0.29) is 0 Å². The second-order valence-corrected chi connectivity index (χ2v) is 8.96. The summed E-state index contributed by atoms with van der Waals surface area (Å²) >= 11 is 0. The van der Waals surface area contributed by atoms with Gasteiger partial charge in [-0.15, -0.1) is 0 Å². The van der Waals surface area contributed by atoms with Crippen LogP contribution in [0.2, 0.25) is 0 Å². The number of ether oxygens (including phenoxy) is 2. The lowest BCUT2D eigenvalue weighted by molar-refractivity contribution is 0.0384. The van der Waals surface area contributed by atoms with Gasteiger partial charge in [0.15, 0.2) is 11.5 Å². The monoisotopic (exact) mass is 490 g/mol. The molecule has 0 bridgehead atoms. The Morgan fingerprint density at radius 3 is 2.72 bits per heavy atom. The third-order valence-electron chi connectivity index (χ3n) is 6.57. The first-order valence-electron chi connectivity index (χ1n) is 12.6. The van der Waals surface area contributed by atoms with E-state index in [1.807, 2.05) is 30.3 Å². The van der Waals surface area contributed by atoms with Crippen molar-refractivity contribution in [1.29, 1.82) is 0 Å². The van der Waals surface area contributed by atoms with Crippen molar-refractivity contribution in [3.05, 3.63) is 48.7 Å². The molecule has 0 spiro atoms. The van der Waals surface area contributed by atoms with E-state index in [4.69, 9.17) is 14.5 Å². The second-order valence-electron chi connectivity index (χ2n) is 8.96. The van der Waals surface area contributed by atoms with Crippen molar-refractivity contribution in [2.24, 2.45) is 0 Å². The van der Waals surface area contributed by atoms with Gasteiger partial charge >= 0.3 is 0 Å². The summed E-state index contributed by atoms with van der Waals surface area (Å²) in [4.78, 5) is 25.0. The molecule has 5 heterocycles. The summed E-state index contributed by atoms with van der Waals surface area (Å²) in [6.45, 7) is 8.70. The van der Waals surface area contributed by atoms with Crippen molar-refractivity contribution in [1.82, 2.24) is 35.1 Å². The average molecular weight is 491 g/mol. The summed E-state index contributed by atoms with van der Waals surface area (Å²) in [6.07, 6.45) is 5.75. The zero-order valence-corrected chi connectivity index (χ0v) is 20.8. The largest absolute Gasteiger partial charge is 0.496 e. The number of hydrogen-bond donors (Lipinski definition) is 2. The van der Waals surface area contributed by atoms with Crippen LogP contribution in [0.15, 0.2) is 43.0 Å². The molecular formula is C26H34N8O2. The maximum atomic E-state index is 5.48. The van der Waals surface area contributed by atoms with Crippen LogP contribution in [0.5, 0.6) is 5.75 Å². The number of H-pyrrole nitrogens is 1. The van der Waals surface area contributed by atoms with E-state index in [9.17, 15) is 0 Å². The Morgan fingerprint density at radius 1 is 1.06 bits per heavy atom. The third kappa shape index (κ3) is 5.89. The molecule has 0 unspecified atom stereocenters. The fourth-order valence-electron chi connectivity index (χ4n) is 4.65. The van der Waals surface area contributed by atoms with Crippen molar-refractivity contribution < 1.29 is 9.47 Å². The summed E-state index contributed by atoms with van der Waals surface area (Å²) in [5.41, 5.74) is 3.70. The van der Waals surface area contributed by atoms with E-state index in [2.05, 4.69) is 35.1 Å². The molecule has 2 aliphatic heterocycles. The van der Waals surface area contributed by atoms with Gasteiger partial charge < -0.3 is 24.7 Å². The lowest BCUT2D eigenvalue weighted by Gasteiger charge is -2.26. The van der Waals surface area contributed by atoms with Crippen molar-refractivity contribution in [3.8, 4) is 5.75 Å². The molecule has 36 heavy (non-hydrogen) atoms. The van der Waals surface area contributed by atoms with Crippen molar-refractivity contribution in [3.63, 3.8) is 0 Å². The molecular weight excluding hydrogens is 456 g/mol. The number of rotatable bonds is 7. The van der Waals surface area contributed by atoms with Crippen LogP contribution in [0.25, 0.3) is 22.1 Å². The normalized spacial score (nSPS) is 16.3. The smallest absolute Gasteiger partial charge is 0.182 e. The van der Waals surface area contributed by atoms with E-state index in [1.165, 1.54) is 12.8 Å². The Morgan fingerprint density at radius 2 is 1.89 bits per heavy atom. The summed E-state index contributed by atoms with van der Waals surface area (Å²) in [6, 6.07) is 10.1. The fraction of sp³-hybridized carbons (Fsp3) is 0.462. The molecule has 0 radical (unpaired) electrons. The Kier molecular flexibility index (Phi) is 8.17. The predicted octanol–water partition coefficient (Wildman–Crippen LogP) is 2.62. The third-order valence-corrected chi connectivity index (χ3v) is 6.57. The van der Waals surface area contributed by atoms with Crippen molar-refractivity contribution in [2.45, 2.75) is 19.4 Å². The molecule has 4 aromatic rings. The molecule has 2 aliphatic rings. The number of aromatic amines is 1. The number of aromatic nitrogens is 5. The molecule has 2 N–H and O–H groups in total. The fourth-order valence-corrected chi connectivity index (χ4v) is 4.65. The summed E-state index contributed by atoms with van der Waals surface area (Å²) in [5.74, 6) is 1.88. The van der Waals surface area contributed by atoms with Gasteiger partial charge in [0.1, 0.15) is 17.6 Å². The maximum Gasteiger partial charge on any atom is 0.182 e. The number of fused-ring (bicyclic) bond motifs is 2. The number of morpholine rings is 1. The minimum Gasteiger partial charge on any atom is -0.496 e. The van der Waals surface area contributed by atoms with Crippen LogP contribution in [0, 0.1) is 0 Å². The highest BCUT2D eigenvalue weighted by Crippen LogP contribution is 2.25. The predicted molar refractivity (Wildman–Crippen MR) is 140 cm³/mol. The molecule has 1 aromatic carbocycles. The maximum absolute atomic E-state index is 5.48. The molecule has 10 nitrogen and oxygen atoms in total.